The number of anilines is 1. The fraction of sp³-hybridized carbons (Fsp3) is 0.333. The van der Waals surface area contributed by atoms with Crippen molar-refractivity contribution in [3.8, 4) is 0 Å². The van der Waals surface area contributed by atoms with Crippen molar-refractivity contribution in [2.75, 3.05) is 5.32 Å². The molecule has 0 fully saturated rings. The number of rotatable bonds is 4. The fourth-order valence-corrected chi connectivity index (χ4v) is 1.90. The molecule has 1 amide bonds. The van der Waals surface area contributed by atoms with Gasteiger partial charge in [-0.1, -0.05) is 48.7 Å². The fourth-order valence-electron chi connectivity index (χ4n) is 1.31. The van der Waals surface area contributed by atoms with Crippen molar-refractivity contribution in [2.45, 2.75) is 13.8 Å². The molecule has 0 saturated heterocycles. The lowest BCUT2D eigenvalue weighted by Gasteiger charge is -2.16. The van der Waals surface area contributed by atoms with E-state index in [1.165, 1.54) is 26.0 Å². The second kappa shape index (κ2) is 6.46. The minimum atomic E-state index is -1.04. The summed E-state index contributed by atoms with van der Waals surface area (Å²) in [5.41, 5.74) is 0.297. The Balaban J connectivity index is 2.88. The average Bonchev–Trinajstić information content (AvgIpc) is 2.33. The standard InChI is InChI=1S/C12H12Cl3NO3/c1-5(6(2)12(18)19)11(17)16-10-4-8(14)7(13)3-9(10)15/h3-6H,1-2H3,(H,16,17)(H,18,19). The minimum Gasteiger partial charge on any atom is -0.481 e. The predicted molar refractivity (Wildman–Crippen MR) is 76.1 cm³/mol. The Labute approximate surface area is 125 Å². The number of halogens is 3. The normalized spacial score (nSPS) is 13.7. The van der Waals surface area contributed by atoms with E-state index in [1.54, 1.807) is 0 Å². The minimum absolute atomic E-state index is 0.234. The molecule has 0 aliphatic heterocycles. The zero-order chi connectivity index (χ0) is 14.7. The molecule has 1 rings (SSSR count). The summed E-state index contributed by atoms with van der Waals surface area (Å²) in [7, 11) is 0. The number of aliphatic carboxylic acids is 1. The molecule has 0 aromatic heterocycles. The Kier molecular flexibility index (Phi) is 5.47. The number of hydrogen-bond acceptors (Lipinski definition) is 2. The van der Waals surface area contributed by atoms with E-state index in [0.29, 0.717) is 5.69 Å². The Morgan fingerprint density at radius 2 is 1.58 bits per heavy atom. The first-order chi connectivity index (χ1) is 8.73. The van der Waals surface area contributed by atoms with Gasteiger partial charge in [0.1, 0.15) is 0 Å². The van der Waals surface area contributed by atoms with Crippen molar-refractivity contribution in [3.63, 3.8) is 0 Å². The molecule has 2 unspecified atom stereocenters. The largest absolute Gasteiger partial charge is 0.481 e. The summed E-state index contributed by atoms with van der Waals surface area (Å²) in [6, 6.07) is 2.83. The van der Waals surface area contributed by atoms with Gasteiger partial charge >= 0.3 is 5.97 Å². The van der Waals surface area contributed by atoms with Crippen LogP contribution in [0.25, 0.3) is 0 Å². The molecule has 0 spiro atoms. The third kappa shape index (κ3) is 4.00. The molecule has 2 N–H and O–H groups in total. The smallest absolute Gasteiger partial charge is 0.307 e. The molecular weight excluding hydrogens is 312 g/mol. The quantitative estimate of drug-likeness (QED) is 0.824. The lowest BCUT2D eigenvalue weighted by Crippen LogP contribution is -2.30. The van der Waals surface area contributed by atoms with Crippen LogP contribution >= 0.6 is 34.8 Å². The number of carbonyl (C=O) groups excluding carboxylic acids is 1. The molecule has 1 aromatic rings. The Bertz CT molecular complexity index is 519. The molecule has 7 heteroatoms. The molecule has 0 aliphatic rings. The van der Waals surface area contributed by atoms with Crippen LogP contribution in [0, 0.1) is 11.8 Å². The SMILES string of the molecule is CC(C(=O)O)C(C)C(=O)Nc1cc(Cl)c(Cl)cc1Cl. The molecule has 0 saturated carbocycles. The third-order valence-corrected chi connectivity index (χ3v) is 3.86. The van der Waals surface area contributed by atoms with Gasteiger partial charge in [-0.2, -0.15) is 0 Å². The van der Waals surface area contributed by atoms with Crippen molar-refractivity contribution >= 4 is 52.4 Å². The van der Waals surface area contributed by atoms with Crippen LogP contribution < -0.4 is 5.32 Å². The van der Waals surface area contributed by atoms with Gasteiger partial charge in [0, 0.05) is 5.92 Å². The zero-order valence-corrected chi connectivity index (χ0v) is 12.5. The van der Waals surface area contributed by atoms with E-state index >= 15 is 0 Å². The monoisotopic (exact) mass is 323 g/mol. The van der Waals surface area contributed by atoms with Gasteiger partial charge < -0.3 is 10.4 Å². The van der Waals surface area contributed by atoms with Gasteiger partial charge in [-0.3, -0.25) is 9.59 Å². The Morgan fingerprint density at radius 1 is 1.05 bits per heavy atom. The predicted octanol–water partition coefficient (Wildman–Crippen LogP) is 3.94. The van der Waals surface area contributed by atoms with Gasteiger partial charge in [0.2, 0.25) is 5.91 Å². The van der Waals surface area contributed by atoms with Crippen LogP contribution in [0.3, 0.4) is 0 Å². The number of carboxylic acid groups (broad SMARTS) is 1. The summed E-state index contributed by atoms with van der Waals surface area (Å²) in [5, 5.41) is 12.2. The van der Waals surface area contributed by atoms with Crippen molar-refractivity contribution in [3.05, 3.63) is 27.2 Å². The van der Waals surface area contributed by atoms with Crippen LogP contribution in [-0.4, -0.2) is 17.0 Å². The topological polar surface area (TPSA) is 66.4 Å². The van der Waals surface area contributed by atoms with Crippen molar-refractivity contribution in [1.82, 2.24) is 0 Å². The van der Waals surface area contributed by atoms with Crippen LogP contribution in [0.15, 0.2) is 12.1 Å². The number of carbonyl (C=O) groups is 2. The van der Waals surface area contributed by atoms with Crippen molar-refractivity contribution in [1.29, 1.82) is 0 Å². The van der Waals surface area contributed by atoms with Crippen LogP contribution in [0.1, 0.15) is 13.8 Å². The summed E-state index contributed by atoms with van der Waals surface area (Å²) in [6.07, 6.45) is 0. The Hall–Kier alpha value is -0.970. The maximum absolute atomic E-state index is 11.9. The molecule has 0 bridgehead atoms. The van der Waals surface area contributed by atoms with Gasteiger partial charge in [0.15, 0.2) is 0 Å². The number of nitrogens with one attached hydrogen (secondary N) is 1. The molecule has 0 aliphatic carbocycles. The summed E-state index contributed by atoms with van der Waals surface area (Å²) < 4.78 is 0. The molecule has 2 atom stereocenters. The lowest BCUT2D eigenvalue weighted by atomic mass is 9.95. The van der Waals surface area contributed by atoms with Crippen LogP contribution in [-0.2, 0) is 9.59 Å². The highest BCUT2D eigenvalue weighted by Crippen LogP contribution is 2.32. The van der Waals surface area contributed by atoms with E-state index in [4.69, 9.17) is 39.9 Å². The first kappa shape index (κ1) is 16.1. The summed E-state index contributed by atoms with van der Waals surface area (Å²) in [5.74, 6) is -3.00. The van der Waals surface area contributed by atoms with E-state index in [0.717, 1.165) is 0 Å². The Morgan fingerprint density at radius 3 is 2.11 bits per heavy atom. The molecule has 1 aromatic carbocycles. The second-order valence-corrected chi connectivity index (χ2v) is 5.37. The average molecular weight is 325 g/mol. The number of amides is 1. The maximum Gasteiger partial charge on any atom is 0.307 e. The molecule has 104 valence electrons. The molecular formula is C12H12Cl3NO3. The van der Waals surface area contributed by atoms with Gasteiger partial charge in [0.05, 0.1) is 26.7 Å². The van der Waals surface area contributed by atoms with Gasteiger partial charge in [-0.05, 0) is 12.1 Å². The number of benzene rings is 1. The van der Waals surface area contributed by atoms with E-state index in [9.17, 15) is 9.59 Å². The van der Waals surface area contributed by atoms with Crippen LogP contribution in [0.4, 0.5) is 5.69 Å². The van der Waals surface area contributed by atoms with E-state index < -0.39 is 23.7 Å². The second-order valence-electron chi connectivity index (χ2n) is 4.15. The zero-order valence-electron chi connectivity index (χ0n) is 10.2. The highest BCUT2D eigenvalue weighted by Gasteiger charge is 2.26. The molecule has 0 radical (unpaired) electrons. The molecule has 0 heterocycles. The van der Waals surface area contributed by atoms with Gasteiger partial charge in [0.25, 0.3) is 0 Å². The van der Waals surface area contributed by atoms with Crippen LogP contribution in [0.5, 0.6) is 0 Å². The molecule has 4 nitrogen and oxygen atoms in total. The van der Waals surface area contributed by atoms with Gasteiger partial charge in [-0.25, -0.2) is 0 Å². The van der Waals surface area contributed by atoms with E-state index in [2.05, 4.69) is 5.32 Å². The van der Waals surface area contributed by atoms with Gasteiger partial charge in [-0.15, -0.1) is 0 Å². The first-order valence-corrected chi connectivity index (χ1v) is 6.55. The molecule has 19 heavy (non-hydrogen) atoms. The number of carboxylic acids is 1. The summed E-state index contributed by atoms with van der Waals surface area (Å²) in [6.45, 7) is 2.99. The van der Waals surface area contributed by atoms with E-state index in [-0.39, 0.29) is 15.1 Å². The lowest BCUT2D eigenvalue weighted by molar-refractivity contribution is -0.145. The summed E-state index contributed by atoms with van der Waals surface area (Å²) in [4.78, 5) is 22.7. The number of hydrogen-bond donors (Lipinski definition) is 2. The van der Waals surface area contributed by atoms with Crippen LogP contribution in [0.2, 0.25) is 15.1 Å². The summed E-state index contributed by atoms with van der Waals surface area (Å²) >= 11 is 17.5. The van der Waals surface area contributed by atoms with Crippen molar-refractivity contribution < 1.29 is 14.7 Å². The first-order valence-electron chi connectivity index (χ1n) is 5.42. The maximum atomic E-state index is 11.9. The van der Waals surface area contributed by atoms with Crippen molar-refractivity contribution in [2.24, 2.45) is 11.8 Å². The third-order valence-electron chi connectivity index (χ3n) is 2.82. The van der Waals surface area contributed by atoms with E-state index in [1.807, 2.05) is 0 Å². The highest BCUT2D eigenvalue weighted by atomic mass is 35.5. The highest BCUT2D eigenvalue weighted by molar-refractivity contribution is 6.44.